The minimum absolute atomic E-state index is 0.263. The van der Waals surface area contributed by atoms with Gasteiger partial charge in [0.2, 0.25) is 10.0 Å². The number of sulfonamides is 1. The van der Waals surface area contributed by atoms with Gasteiger partial charge in [0.1, 0.15) is 5.75 Å². The molecule has 0 radical (unpaired) electrons. The van der Waals surface area contributed by atoms with Crippen LogP contribution in [0, 0.1) is 6.92 Å². The number of aromatic amines is 1. The molecule has 1 unspecified atom stereocenters. The molecule has 1 aromatic heterocycles. The molecule has 182 valence electrons. The van der Waals surface area contributed by atoms with E-state index in [0.29, 0.717) is 11.8 Å². The number of likely N-dealkylation sites (tertiary alicyclic amines) is 1. The molecule has 2 aromatic carbocycles. The van der Waals surface area contributed by atoms with Gasteiger partial charge >= 0.3 is 0 Å². The third-order valence-corrected chi connectivity index (χ3v) is 8.48. The molecule has 6 nitrogen and oxygen atoms in total. The van der Waals surface area contributed by atoms with E-state index in [1.807, 2.05) is 13.0 Å². The van der Waals surface area contributed by atoms with Crippen LogP contribution in [0.5, 0.6) is 5.75 Å². The fourth-order valence-corrected chi connectivity index (χ4v) is 5.90. The predicted molar refractivity (Wildman–Crippen MR) is 136 cm³/mol. The van der Waals surface area contributed by atoms with Gasteiger partial charge in [-0.05, 0) is 61.7 Å². The van der Waals surface area contributed by atoms with Crippen molar-refractivity contribution in [2.45, 2.75) is 50.1 Å². The molecule has 0 spiro atoms. The molecule has 2 heterocycles. The van der Waals surface area contributed by atoms with E-state index in [4.69, 9.17) is 4.74 Å². The molecule has 0 bridgehead atoms. The number of benzene rings is 2. The van der Waals surface area contributed by atoms with Crippen molar-refractivity contribution in [3.63, 3.8) is 0 Å². The molecular formula is C27H35N3O3S. The molecule has 1 N–H and O–H groups in total. The van der Waals surface area contributed by atoms with Crippen LogP contribution in [0.1, 0.15) is 48.5 Å². The molecule has 4 rings (SSSR count). The lowest BCUT2D eigenvalue weighted by Gasteiger charge is -2.30. The van der Waals surface area contributed by atoms with E-state index in [1.54, 1.807) is 33.3 Å². The molecule has 1 saturated heterocycles. The molecule has 0 saturated carbocycles. The summed E-state index contributed by atoms with van der Waals surface area (Å²) in [4.78, 5) is 6.37. The first kappa shape index (κ1) is 24.5. The highest BCUT2D eigenvalue weighted by atomic mass is 32.2. The highest BCUT2D eigenvalue weighted by Crippen LogP contribution is 2.36. The Morgan fingerprint density at radius 1 is 1.06 bits per heavy atom. The SMILES string of the molecule is COc1c(C)cc(S(=O)(=O)N(C)C)cc1-c1ccc(CN2CCCCCC2c2ccccc2)[nH]1. The number of hydrogen-bond acceptors (Lipinski definition) is 4. The van der Waals surface area contributed by atoms with Crippen molar-refractivity contribution >= 4 is 10.0 Å². The second-order valence-electron chi connectivity index (χ2n) is 9.25. The fraction of sp³-hybridized carbons (Fsp3) is 0.407. The molecule has 0 aliphatic carbocycles. The zero-order valence-electron chi connectivity index (χ0n) is 20.5. The molecule has 7 heteroatoms. The number of H-pyrrole nitrogens is 1. The Morgan fingerprint density at radius 2 is 1.82 bits per heavy atom. The summed E-state index contributed by atoms with van der Waals surface area (Å²) in [6.45, 7) is 3.76. The predicted octanol–water partition coefficient (Wildman–Crippen LogP) is 5.37. The van der Waals surface area contributed by atoms with Gasteiger partial charge in [-0.15, -0.1) is 0 Å². The van der Waals surface area contributed by atoms with Gasteiger partial charge in [-0.2, -0.15) is 0 Å². The second-order valence-corrected chi connectivity index (χ2v) is 11.4. The molecule has 0 amide bonds. The minimum atomic E-state index is -3.56. The van der Waals surface area contributed by atoms with Crippen LogP contribution in [-0.4, -0.2) is 50.4 Å². The summed E-state index contributed by atoms with van der Waals surface area (Å²) in [6.07, 6.45) is 4.87. The van der Waals surface area contributed by atoms with E-state index in [1.165, 1.54) is 29.1 Å². The summed E-state index contributed by atoms with van der Waals surface area (Å²) in [5, 5.41) is 0. The largest absolute Gasteiger partial charge is 0.496 e. The minimum Gasteiger partial charge on any atom is -0.496 e. The van der Waals surface area contributed by atoms with Crippen LogP contribution >= 0.6 is 0 Å². The van der Waals surface area contributed by atoms with E-state index in [-0.39, 0.29) is 4.90 Å². The second kappa shape index (κ2) is 10.3. The van der Waals surface area contributed by atoms with Crippen molar-refractivity contribution in [3.05, 3.63) is 71.4 Å². The molecular weight excluding hydrogens is 446 g/mol. The quantitative estimate of drug-likeness (QED) is 0.493. The maximum Gasteiger partial charge on any atom is 0.242 e. The van der Waals surface area contributed by atoms with E-state index >= 15 is 0 Å². The molecule has 1 aliphatic rings. The summed E-state index contributed by atoms with van der Waals surface area (Å²) in [5.41, 5.74) is 4.88. The first-order chi connectivity index (χ1) is 16.3. The third-order valence-electron chi connectivity index (χ3n) is 6.69. The first-order valence-electron chi connectivity index (χ1n) is 11.9. The number of aryl methyl sites for hydroxylation is 1. The van der Waals surface area contributed by atoms with Gasteiger partial charge in [0.05, 0.1) is 12.0 Å². The van der Waals surface area contributed by atoms with Gasteiger partial charge in [0, 0.05) is 43.6 Å². The zero-order valence-corrected chi connectivity index (χ0v) is 21.4. The van der Waals surface area contributed by atoms with Crippen LogP contribution in [-0.2, 0) is 16.6 Å². The van der Waals surface area contributed by atoms with Crippen molar-refractivity contribution in [1.29, 1.82) is 0 Å². The Hall–Kier alpha value is -2.61. The molecule has 1 atom stereocenters. The monoisotopic (exact) mass is 481 g/mol. The number of hydrogen-bond donors (Lipinski definition) is 1. The van der Waals surface area contributed by atoms with Gasteiger partial charge < -0.3 is 9.72 Å². The van der Waals surface area contributed by atoms with Crippen molar-refractivity contribution in [2.24, 2.45) is 0 Å². The summed E-state index contributed by atoms with van der Waals surface area (Å²) in [7, 11) is 1.16. The highest BCUT2D eigenvalue weighted by molar-refractivity contribution is 7.89. The summed E-state index contributed by atoms with van der Waals surface area (Å²) < 4.78 is 32.5. The van der Waals surface area contributed by atoms with E-state index in [9.17, 15) is 8.42 Å². The molecule has 3 aromatic rings. The zero-order chi connectivity index (χ0) is 24.3. The van der Waals surface area contributed by atoms with E-state index in [2.05, 4.69) is 46.3 Å². The summed E-state index contributed by atoms with van der Waals surface area (Å²) >= 11 is 0. The lowest BCUT2D eigenvalue weighted by molar-refractivity contribution is 0.190. The third kappa shape index (κ3) is 5.06. The van der Waals surface area contributed by atoms with Crippen molar-refractivity contribution in [3.8, 4) is 17.0 Å². The smallest absolute Gasteiger partial charge is 0.242 e. The summed E-state index contributed by atoms with van der Waals surface area (Å²) in [6, 6.07) is 18.7. The van der Waals surface area contributed by atoms with E-state index < -0.39 is 10.0 Å². The van der Waals surface area contributed by atoms with E-state index in [0.717, 1.165) is 42.0 Å². The number of rotatable bonds is 7. The van der Waals surface area contributed by atoms with Gasteiger partial charge in [-0.3, -0.25) is 4.90 Å². The van der Waals surface area contributed by atoms with Crippen molar-refractivity contribution < 1.29 is 13.2 Å². The maximum atomic E-state index is 12.8. The number of ether oxygens (including phenoxy) is 1. The number of nitrogens with one attached hydrogen (secondary N) is 1. The van der Waals surface area contributed by atoms with Gasteiger partial charge in [-0.25, -0.2) is 12.7 Å². The van der Waals surface area contributed by atoms with Crippen molar-refractivity contribution in [2.75, 3.05) is 27.7 Å². The highest BCUT2D eigenvalue weighted by Gasteiger charge is 2.24. The lowest BCUT2D eigenvalue weighted by Crippen LogP contribution is -2.28. The maximum absolute atomic E-state index is 12.8. The van der Waals surface area contributed by atoms with Crippen LogP contribution < -0.4 is 4.74 Å². The van der Waals surface area contributed by atoms with Crippen LogP contribution in [0.4, 0.5) is 0 Å². The van der Waals surface area contributed by atoms with Gasteiger partial charge in [-0.1, -0.05) is 43.2 Å². The van der Waals surface area contributed by atoms with Gasteiger partial charge in [0.15, 0.2) is 0 Å². The Labute approximate surface area is 203 Å². The summed E-state index contributed by atoms with van der Waals surface area (Å²) in [5.74, 6) is 0.683. The lowest BCUT2D eigenvalue weighted by atomic mass is 10.0. The van der Waals surface area contributed by atoms with Crippen molar-refractivity contribution in [1.82, 2.24) is 14.2 Å². The van der Waals surface area contributed by atoms with Gasteiger partial charge in [0.25, 0.3) is 0 Å². The number of methoxy groups -OCH3 is 1. The number of aromatic nitrogens is 1. The molecule has 34 heavy (non-hydrogen) atoms. The normalized spacial score (nSPS) is 17.6. The Balaban J connectivity index is 1.66. The molecule has 1 fully saturated rings. The Kier molecular flexibility index (Phi) is 7.45. The Bertz CT molecular complexity index is 1220. The Morgan fingerprint density at radius 3 is 2.53 bits per heavy atom. The average molecular weight is 482 g/mol. The van der Waals surface area contributed by atoms with Crippen LogP contribution in [0.3, 0.4) is 0 Å². The average Bonchev–Trinajstić information content (AvgIpc) is 3.16. The number of nitrogens with zero attached hydrogens (tertiary/aromatic N) is 2. The van der Waals surface area contributed by atoms with Crippen LogP contribution in [0.15, 0.2) is 59.5 Å². The topological polar surface area (TPSA) is 65.6 Å². The standard InChI is InChI=1S/C27H35N3O3S/c1-20-17-23(34(31,32)29(2)3)18-24(27(20)33-4)25-15-14-22(28-25)19-30-16-10-6-9-13-26(30)21-11-7-5-8-12-21/h5,7-8,11-12,14-15,17-18,26,28H,6,9-10,13,16,19H2,1-4H3. The fourth-order valence-electron chi connectivity index (χ4n) is 4.89. The van der Waals surface area contributed by atoms with Crippen LogP contribution in [0.25, 0.3) is 11.3 Å². The van der Waals surface area contributed by atoms with Crippen LogP contribution in [0.2, 0.25) is 0 Å². The molecule has 1 aliphatic heterocycles. The first-order valence-corrected chi connectivity index (χ1v) is 13.3.